The van der Waals surface area contributed by atoms with Crippen molar-refractivity contribution in [2.24, 2.45) is 5.92 Å². The lowest BCUT2D eigenvalue weighted by molar-refractivity contribution is -0.121. The number of fused-ring (bicyclic) bond motifs is 1. The van der Waals surface area contributed by atoms with Crippen molar-refractivity contribution in [2.75, 3.05) is 25.0 Å². The highest BCUT2D eigenvalue weighted by atomic mass is 32.1. The first kappa shape index (κ1) is 20.3. The van der Waals surface area contributed by atoms with Gasteiger partial charge >= 0.3 is 0 Å². The fraction of sp³-hybridized carbons (Fsp3) is 0.348. The molecule has 0 saturated carbocycles. The molecule has 0 radical (unpaired) electrons. The molecule has 0 bridgehead atoms. The second-order valence-corrected chi connectivity index (χ2v) is 8.48. The van der Waals surface area contributed by atoms with Gasteiger partial charge in [-0.05, 0) is 56.5 Å². The van der Waals surface area contributed by atoms with E-state index in [1.165, 1.54) is 11.3 Å². The van der Waals surface area contributed by atoms with Crippen molar-refractivity contribution in [1.82, 2.24) is 9.88 Å². The third kappa shape index (κ3) is 4.31. The van der Waals surface area contributed by atoms with Gasteiger partial charge in [0.05, 0.1) is 16.8 Å². The predicted molar refractivity (Wildman–Crippen MR) is 119 cm³/mol. The molecule has 156 valence electrons. The largest absolute Gasteiger partial charge is 0.494 e. The van der Waals surface area contributed by atoms with Gasteiger partial charge in [-0.3, -0.25) is 9.59 Å². The monoisotopic (exact) mass is 423 g/mol. The second-order valence-electron chi connectivity index (χ2n) is 7.45. The Morgan fingerprint density at radius 3 is 2.70 bits per heavy atom. The van der Waals surface area contributed by atoms with Gasteiger partial charge in [0.15, 0.2) is 5.13 Å². The van der Waals surface area contributed by atoms with E-state index in [-0.39, 0.29) is 17.7 Å². The molecule has 0 aliphatic carbocycles. The fourth-order valence-corrected chi connectivity index (χ4v) is 4.65. The van der Waals surface area contributed by atoms with Crippen LogP contribution < -0.4 is 10.1 Å². The molecular weight excluding hydrogens is 398 g/mol. The summed E-state index contributed by atoms with van der Waals surface area (Å²) in [5.41, 5.74) is 2.56. The van der Waals surface area contributed by atoms with Crippen LogP contribution >= 0.6 is 11.3 Å². The number of aryl methyl sites for hydroxylation is 1. The minimum Gasteiger partial charge on any atom is -0.494 e. The molecule has 0 atom stereocenters. The van der Waals surface area contributed by atoms with Crippen molar-refractivity contribution in [2.45, 2.75) is 26.7 Å². The van der Waals surface area contributed by atoms with Crippen LogP contribution in [0.5, 0.6) is 5.75 Å². The van der Waals surface area contributed by atoms with Crippen molar-refractivity contribution >= 4 is 38.5 Å². The van der Waals surface area contributed by atoms with E-state index in [0.717, 1.165) is 27.1 Å². The Labute approximate surface area is 179 Å². The number of thiazole rings is 1. The number of likely N-dealkylation sites (tertiary alicyclic amines) is 1. The molecule has 1 fully saturated rings. The Morgan fingerprint density at radius 2 is 1.97 bits per heavy atom. The third-order valence-electron chi connectivity index (χ3n) is 5.43. The van der Waals surface area contributed by atoms with Crippen LogP contribution in [-0.2, 0) is 4.79 Å². The van der Waals surface area contributed by atoms with Gasteiger partial charge in [0.1, 0.15) is 5.75 Å². The van der Waals surface area contributed by atoms with E-state index in [0.29, 0.717) is 37.7 Å². The molecule has 1 aromatic heterocycles. The molecule has 0 spiro atoms. The summed E-state index contributed by atoms with van der Waals surface area (Å²) < 4.78 is 6.51. The van der Waals surface area contributed by atoms with Gasteiger partial charge in [0, 0.05) is 24.6 Å². The van der Waals surface area contributed by atoms with Crippen LogP contribution in [-0.4, -0.2) is 41.4 Å². The summed E-state index contributed by atoms with van der Waals surface area (Å²) >= 11 is 1.45. The molecular formula is C23H25N3O3S. The zero-order chi connectivity index (χ0) is 21.1. The van der Waals surface area contributed by atoms with Crippen molar-refractivity contribution in [3.63, 3.8) is 0 Å². The van der Waals surface area contributed by atoms with Crippen molar-refractivity contribution < 1.29 is 14.3 Å². The van der Waals surface area contributed by atoms with E-state index in [1.54, 1.807) is 0 Å². The van der Waals surface area contributed by atoms with Gasteiger partial charge in [0.25, 0.3) is 5.91 Å². The van der Waals surface area contributed by atoms with Crippen LogP contribution in [0.2, 0.25) is 0 Å². The van der Waals surface area contributed by atoms with E-state index in [2.05, 4.69) is 10.3 Å². The molecule has 1 aliphatic rings. The van der Waals surface area contributed by atoms with Gasteiger partial charge in [-0.15, -0.1) is 0 Å². The quantitative estimate of drug-likeness (QED) is 0.656. The molecule has 1 saturated heterocycles. The third-order valence-corrected chi connectivity index (χ3v) is 6.36. The van der Waals surface area contributed by atoms with E-state index < -0.39 is 0 Å². The summed E-state index contributed by atoms with van der Waals surface area (Å²) in [5.74, 6) is 0.708. The maximum Gasteiger partial charge on any atom is 0.254 e. The Morgan fingerprint density at radius 1 is 1.20 bits per heavy atom. The maximum absolute atomic E-state index is 12.8. The number of anilines is 1. The average Bonchev–Trinajstić information content (AvgIpc) is 3.15. The number of hydrogen-bond donors (Lipinski definition) is 1. The number of rotatable bonds is 5. The lowest BCUT2D eigenvalue weighted by Crippen LogP contribution is -2.41. The fourth-order valence-electron chi connectivity index (χ4n) is 3.75. The van der Waals surface area contributed by atoms with Crippen LogP contribution in [0, 0.1) is 12.8 Å². The van der Waals surface area contributed by atoms with Gasteiger partial charge in [-0.2, -0.15) is 0 Å². The molecule has 2 heterocycles. The molecule has 4 rings (SSSR count). The number of carbonyl (C=O) groups is 2. The number of nitrogens with one attached hydrogen (secondary N) is 1. The van der Waals surface area contributed by atoms with Crippen LogP contribution in [0.3, 0.4) is 0 Å². The number of amides is 2. The number of nitrogens with zero attached hydrogens (tertiary/aromatic N) is 2. The maximum atomic E-state index is 12.8. The molecule has 30 heavy (non-hydrogen) atoms. The summed E-state index contributed by atoms with van der Waals surface area (Å²) in [5, 5.41) is 3.56. The molecule has 1 N–H and O–H groups in total. The van der Waals surface area contributed by atoms with Crippen LogP contribution in [0.15, 0.2) is 42.5 Å². The molecule has 3 aromatic rings. The Bertz CT molecular complexity index is 1070. The van der Waals surface area contributed by atoms with E-state index in [9.17, 15) is 9.59 Å². The Kier molecular flexibility index (Phi) is 5.99. The number of piperidine rings is 1. The summed E-state index contributed by atoms with van der Waals surface area (Å²) in [6, 6.07) is 13.4. The standard InChI is InChI=1S/C23H25N3O3S/c1-3-29-17-8-9-19-20(14-17)30-23(24-19)25-21(27)16-10-12-26(13-11-16)22(28)18-7-5-4-6-15(18)2/h4-9,14,16H,3,10-13H2,1-2H3,(H,24,25,27). The highest BCUT2D eigenvalue weighted by molar-refractivity contribution is 7.22. The zero-order valence-corrected chi connectivity index (χ0v) is 18.0. The van der Waals surface area contributed by atoms with Gasteiger partial charge < -0.3 is 15.0 Å². The molecule has 7 heteroatoms. The molecule has 0 unspecified atom stereocenters. The predicted octanol–water partition coefficient (Wildman–Crippen LogP) is 4.49. The van der Waals surface area contributed by atoms with E-state index in [4.69, 9.17) is 4.74 Å². The van der Waals surface area contributed by atoms with Crippen LogP contribution in [0.25, 0.3) is 10.2 Å². The molecule has 1 aliphatic heterocycles. The molecule has 2 aromatic carbocycles. The van der Waals surface area contributed by atoms with Gasteiger partial charge in [-0.25, -0.2) is 4.98 Å². The number of hydrogen-bond acceptors (Lipinski definition) is 5. The van der Waals surface area contributed by atoms with Crippen molar-refractivity contribution in [1.29, 1.82) is 0 Å². The summed E-state index contributed by atoms with van der Waals surface area (Å²) in [6.45, 7) is 5.68. The average molecular weight is 424 g/mol. The number of benzene rings is 2. The lowest BCUT2D eigenvalue weighted by Gasteiger charge is -2.31. The first-order valence-corrected chi connectivity index (χ1v) is 11.1. The van der Waals surface area contributed by atoms with Crippen molar-refractivity contribution in [3.8, 4) is 5.75 Å². The topological polar surface area (TPSA) is 71.5 Å². The van der Waals surface area contributed by atoms with Crippen LogP contribution in [0.4, 0.5) is 5.13 Å². The van der Waals surface area contributed by atoms with E-state index >= 15 is 0 Å². The second kappa shape index (κ2) is 8.83. The highest BCUT2D eigenvalue weighted by Gasteiger charge is 2.28. The van der Waals surface area contributed by atoms with E-state index in [1.807, 2.05) is 61.2 Å². The van der Waals surface area contributed by atoms with Gasteiger partial charge in [-0.1, -0.05) is 29.5 Å². The zero-order valence-electron chi connectivity index (χ0n) is 17.2. The summed E-state index contributed by atoms with van der Waals surface area (Å²) in [6.07, 6.45) is 1.31. The highest BCUT2D eigenvalue weighted by Crippen LogP contribution is 2.30. The Balaban J connectivity index is 1.36. The molecule has 6 nitrogen and oxygen atoms in total. The SMILES string of the molecule is CCOc1ccc2nc(NC(=O)C3CCN(C(=O)c4ccccc4C)CC3)sc2c1. The first-order chi connectivity index (χ1) is 14.5. The summed E-state index contributed by atoms with van der Waals surface area (Å²) in [4.78, 5) is 31.9. The van der Waals surface area contributed by atoms with Gasteiger partial charge in [0.2, 0.25) is 5.91 Å². The minimum atomic E-state index is -0.114. The smallest absolute Gasteiger partial charge is 0.254 e. The van der Waals surface area contributed by atoms with Crippen LogP contribution in [0.1, 0.15) is 35.7 Å². The molecule has 2 amide bonds. The normalized spacial score (nSPS) is 14.7. The Hall–Kier alpha value is -2.93. The number of ether oxygens (including phenoxy) is 1. The van der Waals surface area contributed by atoms with Crippen molar-refractivity contribution in [3.05, 3.63) is 53.6 Å². The minimum absolute atomic E-state index is 0.0259. The first-order valence-electron chi connectivity index (χ1n) is 10.2. The number of carbonyl (C=O) groups excluding carboxylic acids is 2. The summed E-state index contributed by atoms with van der Waals surface area (Å²) in [7, 11) is 0. The lowest BCUT2D eigenvalue weighted by atomic mass is 9.95. The number of aromatic nitrogens is 1.